The van der Waals surface area contributed by atoms with Crippen LogP contribution in [0.25, 0.3) is 0 Å². The first-order chi connectivity index (χ1) is 9.10. The van der Waals surface area contributed by atoms with Gasteiger partial charge in [-0.2, -0.15) is 0 Å². The van der Waals surface area contributed by atoms with Crippen LogP contribution in [-0.4, -0.2) is 22.7 Å². The van der Waals surface area contributed by atoms with Crippen LogP contribution >= 0.6 is 11.6 Å². The highest BCUT2D eigenvalue weighted by Gasteiger charge is 2.24. The van der Waals surface area contributed by atoms with Crippen molar-refractivity contribution in [1.29, 1.82) is 0 Å². The van der Waals surface area contributed by atoms with Gasteiger partial charge in [0.25, 0.3) is 0 Å². The second kappa shape index (κ2) is 6.21. The summed E-state index contributed by atoms with van der Waals surface area (Å²) in [5.41, 5.74) is -0.0614. The molecule has 0 heterocycles. The minimum Gasteiger partial charge on any atom is -0.483 e. The fraction of sp³-hybridized carbons (Fsp3) is 0.538. The first-order valence-corrected chi connectivity index (χ1v) is 6.69. The van der Waals surface area contributed by atoms with Gasteiger partial charge in [0.15, 0.2) is 5.75 Å². The van der Waals surface area contributed by atoms with Crippen LogP contribution in [-0.2, 0) is 0 Å². The minimum absolute atomic E-state index is 0.0417. The van der Waals surface area contributed by atoms with Gasteiger partial charge in [0.2, 0.25) is 0 Å². The van der Waals surface area contributed by atoms with Crippen molar-refractivity contribution in [2.75, 3.05) is 6.61 Å². The predicted octanol–water partition coefficient (Wildman–Crippen LogP) is 3.18. The van der Waals surface area contributed by atoms with Crippen LogP contribution in [0.1, 0.15) is 25.7 Å². The summed E-state index contributed by atoms with van der Waals surface area (Å²) in [6.45, 7) is 0.198. The van der Waals surface area contributed by atoms with E-state index in [9.17, 15) is 10.1 Å². The monoisotopic (exact) mass is 285 g/mol. The molecule has 5 nitrogen and oxygen atoms in total. The third kappa shape index (κ3) is 3.58. The summed E-state index contributed by atoms with van der Waals surface area (Å²) in [6.07, 6.45) is 3.33. The third-order valence-corrected chi connectivity index (χ3v) is 3.70. The second-order valence-electron chi connectivity index (χ2n) is 4.81. The highest BCUT2D eigenvalue weighted by atomic mass is 35.5. The molecular formula is C13H16ClNO4. The number of nitro benzene ring substituents is 1. The maximum Gasteiger partial charge on any atom is 0.311 e. The molecule has 1 fully saturated rings. The summed E-state index contributed by atoms with van der Waals surface area (Å²) in [5.74, 6) is 0.555. The van der Waals surface area contributed by atoms with Crippen molar-refractivity contribution < 1.29 is 14.8 Å². The standard InChI is InChI=1S/C13H16ClNO4/c14-10-3-6-12(15(17)18)13(7-10)19-11-4-1-9(8-16)2-5-11/h3,6-7,9,11,16H,1-2,4-5,8H2. The molecule has 0 atom stereocenters. The van der Waals surface area contributed by atoms with E-state index in [0.29, 0.717) is 10.9 Å². The molecule has 0 radical (unpaired) electrons. The molecule has 1 aromatic carbocycles. The summed E-state index contributed by atoms with van der Waals surface area (Å²) in [4.78, 5) is 10.5. The Hall–Kier alpha value is -1.33. The Morgan fingerprint density at radius 3 is 2.63 bits per heavy atom. The zero-order valence-corrected chi connectivity index (χ0v) is 11.2. The van der Waals surface area contributed by atoms with Crippen molar-refractivity contribution in [1.82, 2.24) is 0 Å². The number of benzene rings is 1. The molecule has 0 aliphatic heterocycles. The molecule has 1 N–H and O–H groups in total. The number of nitrogens with zero attached hydrogens (tertiary/aromatic N) is 1. The van der Waals surface area contributed by atoms with Crippen molar-refractivity contribution in [2.24, 2.45) is 5.92 Å². The summed E-state index contributed by atoms with van der Waals surface area (Å²) >= 11 is 5.85. The molecule has 0 saturated heterocycles. The molecule has 19 heavy (non-hydrogen) atoms. The fourth-order valence-corrected chi connectivity index (χ4v) is 2.51. The fourth-order valence-electron chi connectivity index (χ4n) is 2.35. The molecular weight excluding hydrogens is 270 g/mol. The Kier molecular flexibility index (Phi) is 4.61. The molecule has 0 aromatic heterocycles. The van der Waals surface area contributed by atoms with Crippen LogP contribution in [0.2, 0.25) is 5.02 Å². The van der Waals surface area contributed by atoms with Gasteiger partial charge in [-0.15, -0.1) is 0 Å². The molecule has 1 aliphatic carbocycles. The van der Waals surface area contributed by atoms with Crippen LogP contribution in [0.3, 0.4) is 0 Å². The van der Waals surface area contributed by atoms with Gasteiger partial charge in [0.1, 0.15) is 0 Å². The lowest BCUT2D eigenvalue weighted by Gasteiger charge is -2.27. The van der Waals surface area contributed by atoms with E-state index >= 15 is 0 Å². The molecule has 1 aliphatic rings. The maximum atomic E-state index is 10.9. The van der Waals surface area contributed by atoms with Crippen molar-refractivity contribution in [3.63, 3.8) is 0 Å². The van der Waals surface area contributed by atoms with Crippen molar-refractivity contribution >= 4 is 17.3 Å². The van der Waals surface area contributed by atoms with Gasteiger partial charge in [0, 0.05) is 23.8 Å². The van der Waals surface area contributed by atoms with Crippen molar-refractivity contribution in [3.8, 4) is 5.75 Å². The topological polar surface area (TPSA) is 72.6 Å². The number of rotatable bonds is 4. The highest BCUT2D eigenvalue weighted by molar-refractivity contribution is 6.30. The number of hydrogen-bond donors (Lipinski definition) is 1. The zero-order chi connectivity index (χ0) is 13.8. The van der Waals surface area contributed by atoms with Crippen molar-refractivity contribution in [3.05, 3.63) is 33.3 Å². The minimum atomic E-state index is -0.467. The van der Waals surface area contributed by atoms with Crippen LogP contribution in [0.15, 0.2) is 18.2 Å². The smallest absolute Gasteiger partial charge is 0.311 e. The van der Waals surface area contributed by atoms with Gasteiger partial charge in [-0.25, -0.2) is 0 Å². The first-order valence-electron chi connectivity index (χ1n) is 6.31. The largest absolute Gasteiger partial charge is 0.483 e. The zero-order valence-electron chi connectivity index (χ0n) is 10.4. The summed E-state index contributed by atoms with van der Waals surface area (Å²) in [6, 6.07) is 4.32. The van der Waals surface area contributed by atoms with Gasteiger partial charge in [-0.05, 0) is 37.7 Å². The van der Waals surface area contributed by atoms with Gasteiger partial charge >= 0.3 is 5.69 Å². The SMILES string of the molecule is O=[N+]([O-])c1ccc(Cl)cc1OC1CCC(CO)CC1. The Morgan fingerprint density at radius 2 is 2.05 bits per heavy atom. The molecule has 0 amide bonds. The van der Waals surface area contributed by atoms with E-state index in [1.807, 2.05) is 0 Å². The maximum absolute atomic E-state index is 10.9. The van der Waals surface area contributed by atoms with Gasteiger partial charge in [0.05, 0.1) is 11.0 Å². The van der Waals surface area contributed by atoms with Crippen LogP contribution in [0.5, 0.6) is 5.75 Å². The van der Waals surface area contributed by atoms with Gasteiger partial charge in [-0.1, -0.05) is 11.6 Å². The number of aliphatic hydroxyl groups excluding tert-OH is 1. The quantitative estimate of drug-likeness (QED) is 0.681. The molecule has 2 rings (SSSR count). The number of hydrogen-bond acceptors (Lipinski definition) is 4. The van der Waals surface area contributed by atoms with E-state index < -0.39 is 4.92 Å². The molecule has 0 unspecified atom stereocenters. The first kappa shape index (κ1) is 14.1. The van der Waals surface area contributed by atoms with Crippen molar-refractivity contribution in [2.45, 2.75) is 31.8 Å². The van der Waals surface area contributed by atoms with E-state index in [0.717, 1.165) is 25.7 Å². The Balaban J connectivity index is 2.06. The van der Waals surface area contributed by atoms with Gasteiger partial charge in [-0.3, -0.25) is 10.1 Å². The molecule has 1 aromatic rings. The number of aliphatic hydroxyl groups is 1. The average Bonchev–Trinajstić information content (AvgIpc) is 2.39. The molecule has 0 spiro atoms. The molecule has 1 saturated carbocycles. The Morgan fingerprint density at radius 1 is 1.37 bits per heavy atom. The number of nitro groups is 1. The number of halogens is 1. The normalized spacial score (nSPS) is 23.1. The third-order valence-electron chi connectivity index (χ3n) is 3.46. The van der Waals surface area contributed by atoms with E-state index in [-0.39, 0.29) is 24.1 Å². The van der Waals surface area contributed by atoms with E-state index in [2.05, 4.69) is 0 Å². The lowest BCUT2D eigenvalue weighted by atomic mass is 9.88. The van der Waals surface area contributed by atoms with Crippen LogP contribution < -0.4 is 4.74 Å². The predicted molar refractivity (Wildman–Crippen MR) is 71.6 cm³/mol. The lowest BCUT2D eigenvalue weighted by Crippen LogP contribution is -2.25. The van der Waals surface area contributed by atoms with Gasteiger partial charge < -0.3 is 9.84 Å². The summed E-state index contributed by atoms with van der Waals surface area (Å²) in [5, 5.41) is 20.4. The summed E-state index contributed by atoms with van der Waals surface area (Å²) < 4.78 is 5.71. The Labute approximate surface area is 116 Å². The molecule has 6 heteroatoms. The lowest BCUT2D eigenvalue weighted by molar-refractivity contribution is -0.386. The van der Waals surface area contributed by atoms with Crippen LogP contribution in [0, 0.1) is 16.0 Å². The highest BCUT2D eigenvalue weighted by Crippen LogP contribution is 2.34. The van der Waals surface area contributed by atoms with E-state index in [1.165, 1.54) is 18.2 Å². The summed E-state index contributed by atoms with van der Waals surface area (Å²) in [7, 11) is 0. The van der Waals surface area contributed by atoms with E-state index in [1.54, 1.807) is 0 Å². The molecule has 104 valence electrons. The van der Waals surface area contributed by atoms with E-state index in [4.69, 9.17) is 21.4 Å². The second-order valence-corrected chi connectivity index (χ2v) is 5.25. The number of ether oxygens (including phenoxy) is 1. The molecule has 0 bridgehead atoms. The van der Waals surface area contributed by atoms with Crippen LogP contribution in [0.4, 0.5) is 5.69 Å². The average molecular weight is 286 g/mol. The Bertz CT molecular complexity index is 458.